The van der Waals surface area contributed by atoms with Crippen LogP contribution in [0.5, 0.6) is 0 Å². The molecule has 1 aliphatic rings. The molecular formula is C17H21N3O2. The highest BCUT2D eigenvalue weighted by atomic mass is 16.3. The number of hydrogen-bond acceptors (Lipinski definition) is 3. The number of carbonyl (C=O) groups excluding carboxylic acids is 1. The summed E-state index contributed by atoms with van der Waals surface area (Å²) in [6.07, 6.45) is 3.87. The van der Waals surface area contributed by atoms with Gasteiger partial charge in [0.15, 0.2) is 0 Å². The van der Waals surface area contributed by atoms with Crippen LogP contribution in [0.1, 0.15) is 25.3 Å². The second-order valence-electron chi connectivity index (χ2n) is 6.15. The fourth-order valence-corrected chi connectivity index (χ4v) is 2.78. The summed E-state index contributed by atoms with van der Waals surface area (Å²) < 4.78 is 0. The first-order valence-electron chi connectivity index (χ1n) is 7.62. The minimum absolute atomic E-state index is 0.0408. The van der Waals surface area contributed by atoms with Gasteiger partial charge in [0.25, 0.3) is 0 Å². The summed E-state index contributed by atoms with van der Waals surface area (Å²) in [7, 11) is 0. The number of aromatic nitrogens is 1. The largest absolute Gasteiger partial charge is 0.394 e. The first-order valence-corrected chi connectivity index (χ1v) is 7.62. The van der Waals surface area contributed by atoms with Gasteiger partial charge in [-0.3, -0.25) is 4.98 Å². The number of urea groups is 1. The van der Waals surface area contributed by atoms with Crippen molar-refractivity contribution in [2.24, 2.45) is 5.92 Å². The highest BCUT2D eigenvalue weighted by Crippen LogP contribution is 2.39. The molecule has 1 fully saturated rings. The molecule has 0 radical (unpaired) electrons. The van der Waals surface area contributed by atoms with Gasteiger partial charge in [-0.2, -0.15) is 0 Å². The van der Waals surface area contributed by atoms with E-state index in [1.165, 1.54) is 0 Å². The molecule has 3 rings (SSSR count). The Balaban J connectivity index is 1.65. The van der Waals surface area contributed by atoms with Crippen LogP contribution in [0.2, 0.25) is 0 Å². The normalized spacial score (nSPS) is 17.0. The zero-order chi connectivity index (χ0) is 15.6. The third-order valence-corrected chi connectivity index (χ3v) is 4.36. The lowest BCUT2D eigenvalue weighted by atomic mass is 9.97. The molecule has 1 heterocycles. The number of rotatable bonds is 5. The first kappa shape index (κ1) is 14.8. The number of carbonyl (C=O) groups is 1. The SMILES string of the molecule is CC(CO)(NC(=O)NCc1cccc2cccnc12)C1CC1. The highest BCUT2D eigenvalue weighted by Gasteiger charge is 2.42. The molecule has 116 valence electrons. The summed E-state index contributed by atoms with van der Waals surface area (Å²) in [5, 5.41) is 16.3. The van der Waals surface area contributed by atoms with Crippen molar-refractivity contribution in [3.8, 4) is 0 Å². The van der Waals surface area contributed by atoms with Gasteiger partial charge in [0, 0.05) is 18.1 Å². The van der Waals surface area contributed by atoms with Crippen molar-refractivity contribution in [2.75, 3.05) is 6.61 Å². The topological polar surface area (TPSA) is 74.2 Å². The number of hydrogen-bond donors (Lipinski definition) is 3. The van der Waals surface area contributed by atoms with Gasteiger partial charge in [-0.05, 0) is 37.3 Å². The number of benzene rings is 1. The van der Waals surface area contributed by atoms with Crippen molar-refractivity contribution in [1.82, 2.24) is 15.6 Å². The van der Waals surface area contributed by atoms with Gasteiger partial charge in [0.2, 0.25) is 0 Å². The lowest BCUT2D eigenvalue weighted by molar-refractivity contribution is 0.155. The van der Waals surface area contributed by atoms with Crippen molar-refractivity contribution >= 4 is 16.9 Å². The van der Waals surface area contributed by atoms with Gasteiger partial charge in [0.1, 0.15) is 0 Å². The molecule has 0 saturated heterocycles. The van der Waals surface area contributed by atoms with Crippen molar-refractivity contribution < 1.29 is 9.90 Å². The number of nitrogens with one attached hydrogen (secondary N) is 2. The molecule has 2 amide bonds. The molecule has 1 aromatic carbocycles. The second kappa shape index (κ2) is 5.93. The molecule has 2 aromatic rings. The van der Waals surface area contributed by atoms with Crippen LogP contribution < -0.4 is 10.6 Å². The van der Waals surface area contributed by atoms with Gasteiger partial charge in [-0.25, -0.2) is 4.79 Å². The van der Waals surface area contributed by atoms with E-state index in [0.29, 0.717) is 12.5 Å². The minimum Gasteiger partial charge on any atom is -0.394 e. The molecule has 0 aliphatic heterocycles. The van der Waals surface area contributed by atoms with E-state index in [4.69, 9.17) is 0 Å². The first-order chi connectivity index (χ1) is 10.6. The molecule has 0 spiro atoms. The average molecular weight is 299 g/mol. The Morgan fingerprint density at radius 1 is 1.36 bits per heavy atom. The zero-order valence-electron chi connectivity index (χ0n) is 12.7. The second-order valence-corrected chi connectivity index (χ2v) is 6.15. The van der Waals surface area contributed by atoms with Crippen LogP contribution >= 0.6 is 0 Å². The van der Waals surface area contributed by atoms with Crippen molar-refractivity contribution in [2.45, 2.75) is 31.8 Å². The Morgan fingerprint density at radius 3 is 2.86 bits per heavy atom. The third kappa shape index (κ3) is 3.04. The molecule has 5 nitrogen and oxygen atoms in total. The van der Waals surface area contributed by atoms with Crippen LogP contribution in [-0.2, 0) is 6.54 Å². The summed E-state index contributed by atoms with van der Waals surface area (Å²) >= 11 is 0. The fourth-order valence-electron chi connectivity index (χ4n) is 2.78. The van der Waals surface area contributed by atoms with E-state index in [1.807, 2.05) is 37.3 Å². The lowest BCUT2D eigenvalue weighted by Crippen LogP contribution is -2.53. The number of pyridine rings is 1. The van der Waals surface area contributed by atoms with E-state index in [9.17, 15) is 9.90 Å². The smallest absolute Gasteiger partial charge is 0.315 e. The Kier molecular flexibility index (Phi) is 3.98. The molecule has 1 saturated carbocycles. The Labute approximate surface area is 129 Å². The Bertz CT molecular complexity index is 679. The van der Waals surface area contributed by atoms with Gasteiger partial charge in [0.05, 0.1) is 17.7 Å². The third-order valence-electron chi connectivity index (χ3n) is 4.36. The van der Waals surface area contributed by atoms with Crippen LogP contribution in [-0.4, -0.2) is 28.3 Å². The maximum atomic E-state index is 12.1. The monoisotopic (exact) mass is 299 g/mol. The quantitative estimate of drug-likeness (QED) is 0.792. The predicted octanol–water partition coefficient (Wildman–Crippen LogP) is 2.20. The molecule has 5 heteroatoms. The lowest BCUT2D eigenvalue weighted by Gasteiger charge is -2.28. The van der Waals surface area contributed by atoms with Crippen LogP contribution in [0.3, 0.4) is 0 Å². The van der Waals surface area contributed by atoms with Gasteiger partial charge < -0.3 is 15.7 Å². The van der Waals surface area contributed by atoms with Gasteiger partial charge in [-0.1, -0.05) is 24.3 Å². The van der Waals surface area contributed by atoms with Crippen molar-refractivity contribution in [3.63, 3.8) is 0 Å². The Hall–Kier alpha value is -2.14. The van der Waals surface area contributed by atoms with E-state index in [0.717, 1.165) is 29.3 Å². The van der Waals surface area contributed by atoms with Gasteiger partial charge in [-0.15, -0.1) is 0 Å². The predicted molar refractivity (Wildman–Crippen MR) is 85.3 cm³/mol. The minimum atomic E-state index is -0.527. The number of amides is 2. The van der Waals surface area contributed by atoms with Crippen molar-refractivity contribution in [1.29, 1.82) is 0 Å². The molecular weight excluding hydrogens is 278 g/mol. The number of para-hydroxylation sites is 1. The summed E-state index contributed by atoms with van der Waals surface area (Å²) in [5.41, 5.74) is 1.35. The van der Waals surface area contributed by atoms with Crippen LogP contribution in [0.15, 0.2) is 36.5 Å². The van der Waals surface area contributed by atoms with Crippen molar-refractivity contribution in [3.05, 3.63) is 42.1 Å². The molecule has 1 atom stereocenters. The van der Waals surface area contributed by atoms with E-state index in [1.54, 1.807) is 6.20 Å². The van der Waals surface area contributed by atoms with E-state index >= 15 is 0 Å². The fraction of sp³-hybridized carbons (Fsp3) is 0.412. The standard InChI is InChI=1S/C17H21N3O2/c1-17(11-21,14-7-8-14)20-16(22)19-10-13-5-2-4-12-6-3-9-18-15(12)13/h2-6,9,14,21H,7-8,10-11H2,1H3,(H2,19,20,22). The van der Waals surface area contributed by atoms with Gasteiger partial charge >= 0.3 is 6.03 Å². The summed E-state index contributed by atoms with van der Waals surface area (Å²) in [6.45, 7) is 2.26. The number of fused-ring (bicyclic) bond motifs is 1. The Morgan fingerprint density at radius 2 is 2.14 bits per heavy atom. The summed E-state index contributed by atoms with van der Waals surface area (Å²) in [5.74, 6) is 0.377. The molecule has 1 aromatic heterocycles. The maximum absolute atomic E-state index is 12.1. The summed E-state index contributed by atoms with van der Waals surface area (Å²) in [4.78, 5) is 16.5. The van der Waals surface area contributed by atoms with Crippen LogP contribution in [0.4, 0.5) is 4.79 Å². The maximum Gasteiger partial charge on any atom is 0.315 e. The van der Waals surface area contributed by atoms with E-state index < -0.39 is 5.54 Å². The van der Waals surface area contributed by atoms with Crippen LogP contribution in [0.25, 0.3) is 10.9 Å². The molecule has 0 bridgehead atoms. The number of nitrogens with zero attached hydrogens (tertiary/aromatic N) is 1. The molecule has 1 unspecified atom stereocenters. The van der Waals surface area contributed by atoms with E-state index in [2.05, 4.69) is 15.6 Å². The number of aliphatic hydroxyl groups excluding tert-OH is 1. The molecule has 3 N–H and O–H groups in total. The number of aliphatic hydroxyl groups is 1. The average Bonchev–Trinajstić information content (AvgIpc) is 3.38. The summed E-state index contributed by atoms with van der Waals surface area (Å²) in [6, 6.07) is 9.57. The highest BCUT2D eigenvalue weighted by molar-refractivity contribution is 5.82. The molecule has 1 aliphatic carbocycles. The van der Waals surface area contributed by atoms with Crippen LogP contribution in [0, 0.1) is 5.92 Å². The van der Waals surface area contributed by atoms with E-state index in [-0.39, 0.29) is 12.6 Å². The zero-order valence-corrected chi connectivity index (χ0v) is 12.7. The molecule has 22 heavy (non-hydrogen) atoms.